The number of rotatable bonds is 2. The van der Waals surface area contributed by atoms with E-state index in [-0.39, 0.29) is 30.7 Å². The molecule has 3 heterocycles. The molecule has 3 N–H and O–H groups in total. The van der Waals surface area contributed by atoms with Crippen molar-refractivity contribution in [2.45, 2.75) is 66.6 Å². The molecular weight excluding hydrogens is 526 g/mol. The van der Waals surface area contributed by atoms with E-state index in [9.17, 15) is 19.2 Å². The minimum Gasteiger partial charge on any atom is -0.493 e. The van der Waals surface area contributed by atoms with Gasteiger partial charge in [0.1, 0.15) is 17.5 Å². The second kappa shape index (κ2) is 12.8. The SMILES string of the molecule is CC(=O)c1[nH]c(C)c(C(=O)N2CCCNC(=O)[C@@H](C)NC(=O)c3ccc(C)cc3OCCCn3cc(nn3)C2)c1C. The number of carbonyl (C=O) groups is 4. The fourth-order valence-electron chi connectivity index (χ4n) is 4.87. The standard InChI is InChI=1S/C29H37N7O5/c1-17-8-9-23-24(14-17)41-13-7-12-36-16-22(33-34-36)15-35(11-6-10-30-27(38)20(4)32-28(23)39)29(40)25-18(2)26(21(5)37)31-19(25)3/h8-9,14,16,20,31H,6-7,10-13,15H2,1-5H3,(H,30,38)(H,32,39)/t20-/m1/s1. The van der Waals surface area contributed by atoms with E-state index in [4.69, 9.17) is 4.74 Å². The third-order valence-electron chi connectivity index (χ3n) is 7.05. The number of carbonyl (C=O) groups excluding carboxylic acids is 4. The van der Waals surface area contributed by atoms with E-state index in [2.05, 4.69) is 25.9 Å². The maximum atomic E-state index is 13.7. The molecule has 12 nitrogen and oxygen atoms in total. The number of ether oxygens (including phenoxy) is 1. The number of fused-ring (bicyclic) bond motifs is 3. The van der Waals surface area contributed by atoms with Crippen LogP contribution in [0.5, 0.6) is 5.75 Å². The molecule has 1 aromatic carbocycles. The number of nitrogens with zero attached hydrogens (tertiary/aromatic N) is 4. The van der Waals surface area contributed by atoms with Crippen LogP contribution in [0.2, 0.25) is 0 Å². The Kier molecular flexibility index (Phi) is 9.21. The van der Waals surface area contributed by atoms with Crippen LogP contribution >= 0.6 is 0 Å². The molecule has 3 aromatic rings. The molecule has 12 heteroatoms. The summed E-state index contributed by atoms with van der Waals surface area (Å²) in [6, 6.07) is 4.54. The summed E-state index contributed by atoms with van der Waals surface area (Å²) in [6.07, 6.45) is 2.86. The van der Waals surface area contributed by atoms with Crippen molar-refractivity contribution in [2.75, 3.05) is 19.7 Å². The van der Waals surface area contributed by atoms with Crippen LogP contribution in [0.4, 0.5) is 0 Å². The summed E-state index contributed by atoms with van der Waals surface area (Å²) in [7, 11) is 0. The van der Waals surface area contributed by atoms with Gasteiger partial charge >= 0.3 is 0 Å². The number of Topliss-reactive ketones (excluding diaryl/α,β-unsaturated/α-hetero) is 1. The van der Waals surface area contributed by atoms with Crippen LogP contribution in [0.1, 0.15) is 80.4 Å². The first-order valence-corrected chi connectivity index (χ1v) is 13.8. The van der Waals surface area contributed by atoms with Crippen molar-refractivity contribution in [1.82, 2.24) is 35.5 Å². The van der Waals surface area contributed by atoms with Gasteiger partial charge in [-0.25, -0.2) is 0 Å². The number of amides is 3. The van der Waals surface area contributed by atoms with Crippen molar-refractivity contribution in [1.29, 1.82) is 0 Å². The van der Waals surface area contributed by atoms with Crippen LogP contribution in [0.15, 0.2) is 24.4 Å². The van der Waals surface area contributed by atoms with Crippen LogP contribution < -0.4 is 15.4 Å². The Bertz CT molecular complexity index is 1460. The number of aromatic amines is 1. The van der Waals surface area contributed by atoms with Crippen LogP contribution in [-0.2, 0) is 17.9 Å². The minimum absolute atomic E-state index is 0.144. The number of benzene rings is 1. The minimum atomic E-state index is -0.777. The summed E-state index contributed by atoms with van der Waals surface area (Å²) in [6.45, 7) is 10.2. The van der Waals surface area contributed by atoms with E-state index >= 15 is 0 Å². The second-order valence-corrected chi connectivity index (χ2v) is 10.4. The van der Waals surface area contributed by atoms with E-state index in [1.54, 1.807) is 48.7 Å². The third kappa shape index (κ3) is 7.00. The highest BCUT2D eigenvalue weighted by Crippen LogP contribution is 2.22. The molecule has 0 saturated carbocycles. The normalized spacial score (nSPS) is 17.3. The molecular formula is C29H37N7O5. The predicted molar refractivity (Wildman–Crippen MR) is 151 cm³/mol. The molecule has 0 spiro atoms. The molecule has 0 saturated heterocycles. The Morgan fingerprint density at radius 2 is 1.88 bits per heavy atom. The van der Waals surface area contributed by atoms with Crippen molar-refractivity contribution in [2.24, 2.45) is 0 Å². The van der Waals surface area contributed by atoms with E-state index in [1.807, 2.05) is 13.0 Å². The maximum Gasteiger partial charge on any atom is 0.256 e. The Balaban J connectivity index is 1.56. The lowest BCUT2D eigenvalue weighted by atomic mass is 10.1. The van der Waals surface area contributed by atoms with E-state index in [1.165, 1.54) is 6.92 Å². The molecule has 41 heavy (non-hydrogen) atoms. The number of aromatic nitrogens is 4. The highest BCUT2D eigenvalue weighted by molar-refractivity contribution is 6.02. The van der Waals surface area contributed by atoms with E-state index < -0.39 is 11.9 Å². The van der Waals surface area contributed by atoms with Gasteiger partial charge in [-0.1, -0.05) is 11.3 Å². The van der Waals surface area contributed by atoms with Gasteiger partial charge in [-0.2, -0.15) is 0 Å². The fraction of sp³-hybridized carbons (Fsp3) is 0.448. The van der Waals surface area contributed by atoms with E-state index in [0.29, 0.717) is 72.1 Å². The first-order valence-electron chi connectivity index (χ1n) is 13.8. The second-order valence-electron chi connectivity index (χ2n) is 10.4. The van der Waals surface area contributed by atoms with Crippen LogP contribution in [-0.4, -0.2) is 74.1 Å². The Labute approximate surface area is 238 Å². The predicted octanol–water partition coefficient (Wildman–Crippen LogP) is 2.48. The van der Waals surface area contributed by atoms with Crippen LogP contribution in [0.25, 0.3) is 0 Å². The highest BCUT2D eigenvalue weighted by atomic mass is 16.5. The number of H-pyrrole nitrogens is 1. The van der Waals surface area contributed by atoms with Gasteiger partial charge < -0.3 is 25.3 Å². The molecule has 3 amide bonds. The summed E-state index contributed by atoms with van der Waals surface area (Å²) in [5, 5.41) is 14.1. The number of hydrogen-bond donors (Lipinski definition) is 3. The number of hydrogen-bond acceptors (Lipinski definition) is 7. The summed E-state index contributed by atoms with van der Waals surface area (Å²) >= 11 is 0. The Morgan fingerprint density at radius 1 is 1.10 bits per heavy atom. The van der Waals surface area contributed by atoms with Gasteiger partial charge in [-0.05, 0) is 57.4 Å². The first-order chi connectivity index (χ1) is 19.5. The molecule has 0 unspecified atom stereocenters. The van der Waals surface area contributed by atoms with Gasteiger partial charge in [0.15, 0.2) is 5.78 Å². The van der Waals surface area contributed by atoms with Crippen molar-refractivity contribution >= 4 is 23.5 Å². The lowest BCUT2D eigenvalue weighted by Crippen LogP contribution is -2.45. The van der Waals surface area contributed by atoms with Gasteiger partial charge in [-0.3, -0.25) is 23.9 Å². The zero-order valence-electron chi connectivity index (χ0n) is 24.2. The van der Waals surface area contributed by atoms with Gasteiger partial charge in [0, 0.05) is 38.7 Å². The third-order valence-corrected chi connectivity index (χ3v) is 7.05. The zero-order valence-corrected chi connectivity index (χ0v) is 24.2. The number of aryl methyl sites for hydroxylation is 3. The fourth-order valence-corrected chi connectivity index (χ4v) is 4.87. The molecule has 2 bridgehead atoms. The van der Waals surface area contributed by atoms with Gasteiger partial charge in [-0.15, -0.1) is 5.10 Å². The highest BCUT2D eigenvalue weighted by Gasteiger charge is 2.26. The maximum absolute atomic E-state index is 13.7. The molecule has 0 fully saturated rings. The van der Waals surface area contributed by atoms with E-state index in [0.717, 1.165) is 5.56 Å². The van der Waals surface area contributed by atoms with Crippen molar-refractivity contribution in [3.05, 3.63) is 63.7 Å². The van der Waals surface area contributed by atoms with Gasteiger partial charge in [0.25, 0.3) is 11.8 Å². The summed E-state index contributed by atoms with van der Waals surface area (Å²) in [4.78, 5) is 56.2. The summed E-state index contributed by atoms with van der Waals surface area (Å²) < 4.78 is 7.65. The molecule has 218 valence electrons. The molecule has 1 aliphatic rings. The van der Waals surface area contributed by atoms with Crippen LogP contribution in [0, 0.1) is 20.8 Å². The molecule has 1 aliphatic heterocycles. The zero-order chi connectivity index (χ0) is 29.7. The molecule has 0 aliphatic carbocycles. The smallest absolute Gasteiger partial charge is 0.256 e. The average molecular weight is 564 g/mol. The molecule has 4 rings (SSSR count). The monoisotopic (exact) mass is 563 g/mol. The largest absolute Gasteiger partial charge is 0.493 e. The Morgan fingerprint density at radius 3 is 2.61 bits per heavy atom. The quantitative estimate of drug-likeness (QED) is 0.405. The first kappa shape index (κ1) is 29.5. The Hall–Kier alpha value is -4.48. The van der Waals surface area contributed by atoms with Crippen molar-refractivity contribution in [3.63, 3.8) is 0 Å². The lowest BCUT2D eigenvalue weighted by Gasteiger charge is -2.23. The van der Waals surface area contributed by atoms with Crippen molar-refractivity contribution in [3.8, 4) is 5.75 Å². The van der Waals surface area contributed by atoms with Gasteiger partial charge in [0.05, 0.1) is 36.2 Å². The number of nitrogens with one attached hydrogen (secondary N) is 3. The summed E-state index contributed by atoms with van der Waals surface area (Å²) in [5.74, 6) is -0.674. The molecule has 1 atom stereocenters. The topological polar surface area (TPSA) is 151 Å². The lowest BCUT2D eigenvalue weighted by molar-refractivity contribution is -0.122. The molecule has 2 aromatic heterocycles. The number of ketones is 1. The van der Waals surface area contributed by atoms with Crippen LogP contribution in [0.3, 0.4) is 0 Å². The average Bonchev–Trinajstić information content (AvgIpc) is 3.50. The van der Waals surface area contributed by atoms with Gasteiger partial charge in [0.2, 0.25) is 5.91 Å². The summed E-state index contributed by atoms with van der Waals surface area (Å²) in [5.41, 5.74) is 4.00. The van der Waals surface area contributed by atoms with Crippen molar-refractivity contribution < 1.29 is 23.9 Å². The molecule has 0 radical (unpaired) electrons.